The minimum atomic E-state index is -0.241. The van der Waals surface area contributed by atoms with Crippen molar-refractivity contribution in [2.24, 2.45) is 0 Å². The quantitative estimate of drug-likeness (QED) is 0.528. The molecular weight excluding hydrogens is 364 g/mol. The van der Waals surface area contributed by atoms with E-state index in [1.165, 1.54) is 0 Å². The van der Waals surface area contributed by atoms with Gasteiger partial charge in [0.2, 0.25) is 0 Å². The van der Waals surface area contributed by atoms with Crippen LogP contribution in [0.4, 0.5) is 5.69 Å². The Morgan fingerprint density at radius 1 is 1.03 bits per heavy atom. The molecule has 0 spiro atoms. The molecular formula is C23H20N4O2. The van der Waals surface area contributed by atoms with Crippen LogP contribution in [0.15, 0.2) is 85.3 Å². The van der Waals surface area contributed by atoms with Crippen LogP contribution >= 0.6 is 0 Å². The van der Waals surface area contributed by atoms with E-state index in [2.05, 4.69) is 15.4 Å². The van der Waals surface area contributed by atoms with Gasteiger partial charge in [-0.3, -0.25) is 9.78 Å². The van der Waals surface area contributed by atoms with Gasteiger partial charge in [-0.1, -0.05) is 18.2 Å². The first-order valence-corrected chi connectivity index (χ1v) is 9.34. The van der Waals surface area contributed by atoms with Crippen molar-refractivity contribution in [3.8, 4) is 22.7 Å². The Hall–Kier alpha value is -3.93. The van der Waals surface area contributed by atoms with Gasteiger partial charge in [-0.2, -0.15) is 5.10 Å². The molecule has 0 radical (unpaired) electrons. The van der Waals surface area contributed by atoms with Crippen LogP contribution in [0, 0.1) is 0 Å². The van der Waals surface area contributed by atoms with E-state index < -0.39 is 0 Å². The zero-order chi connectivity index (χ0) is 20.1. The Morgan fingerprint density at radius 2 is 1.83 bits per heavy atom. The van der Waals surface area contributed by atoms with Gasteiger partial charge in [-0.05, 0) is 55.5 Å². The Bertz CT molecular complexity index is 1090. The van der Waals surface area contributed by atoms with Crippen molar-refractivity contribution in [3.63, 3.8) is 0 Å². The lowest BCUT2D eigenvalue weighted by Crippen LogP contribution is -2.12. The lowest BCUT2D eigenvalue weighted by atomic mass is 10.1. The Balaban J connectivity index is 1.67. The van der Waals surface area contributed by atoms with E-state index in [1.807, 2.05) is 73.7 Å². The minimum absolute atomic E-state index is 0.241. The molecule has 0 atom stereocenters. The maximum Gasteiger partial charge on any atom is 0.259 e. The highest BCUT2D eigenvalue weighted by atomic mass is 16.5. The number of pyridine rings is 1. The molecule has 0 aliphatic rings. The molecule has 2 heterocycles. The second-order valence-electron chi connectivity index (χ2n) is 6.32. The number of carbonyl (C=O) groups excluding carboxylic acids is 1. The average molecular weight is 384 g/mol. The standard InChI is InChI=1S/C23H20N4O2/c1-2-29-20-12-10-18(11-13-20)25-23(28)21-16-27(19-8-4-3-5-9-19)26-22(21)17-7-6-14-24-15-17/h3-16H,2H2,1H3,(H,25,28). The number of ether oxygens (including phenoxy) is 1. The van der Waals surface area contributed by atoms with E-state index in [-0.39, 0.29) is 5.91 Å². The summed E-state index contributed by atoms with van der Waals surface area (Å²) in [6.45, 7) is 2.53. The van der Waals surface area contributed by atoms with Gasteiger partial charge in [0.05, 0.1) is 17.9 Å². The Kier molecular flexibility index (Phi) is 5.33. The molecule has 0 saturated heterocycles. The Morgan fingerprint density at radius 3 is 2.52 bits per heavy atom. The van der Waals surface area contributed by atoms with Crippen molar-refractivity contribution in [2.45, 2.75) is 6.92 Å². The number of amides is 1. The fourth-order valence-corrected chi connectivity index (χ4v) is 2.97. The predicted octanol–water partition coefficient (Wildman–Crippen LogP) is 4.59. The summed E-state index contributed by atoms with van der Waals surface area (Å²) in [5.41, 5.74) is 3.38. The predicted molar refractivity (Wildman–Crippen MR) is 112 cm³/mol. The molecule has 6 nitrogen and oxygen atoms in total. The molecule has 2 aromatic heterocycles. The number of carbonyl (C=O) groups is 1. The zero-order valence-electron chi connectivity index (χ0n) is 15.9. The van der Waals surface area contributed by atoms with Gasteiger partial charge in [0.15, 0.2) is 0 Å². The van der Waals surface area contributed by atoms with Crippen LogP contribution in [0.2, 0.25) is 0 Å². The summed E-state index contributed by atoms with van der Waals surface area (Å²) >= 11 is 0. The van der Waals surface area contributed by atoms with Crippen molar-refractivity contribution in [3.05, 3.63) is 90.9 Å². The summed E-state index contributed by atoms with van der Waals surface area (Å²) in [7, 11) is 0. The second kappa shape index (κ2) is 8.39. The summed E-state index contributed by atoms with van der Waals surface area (Å²) < 4.78 is 7.15. The number of para-hydroxylation sites is 1. The topological polar surface area (TPSA) is 69.0 Å². The van der Waals surface area contributed by atoms with Crippen LogP contribution < -0.4 is 10.1 Å². The third kappa shape index (κ3) is 4.16. The van der Waals surface area contributed by atoms with Crippen LogP contribution in [-0.2, 0) is 0 Å². The van der Waals surface area contributed by atoms with Crippen LogP contribution in [0.25, 0.3) is 16.9 Å². The van der Waals surface area contributed by atoms with Gasteiger partial charge >= 0.3 is 0 Å². The van der Waals surface area contributed by atoms with Crippen molar-refractivity contribution >= 4 is 11.6 Å². The molecule has 0 saturated carbocycles. The van der Waals surface area contributed by atoms with Crippen molar-refractivity contribution < 1.29 is 9.53 Å². The van der Waals surface area contributed by atoms with Gasteiger partial charge < -0.3 is 10.1 Å². The molecule has 6 heteroatoms. The molecule has 1 amide bonds. The fraction of sp³-hybridized carbons (Fsp3) is 0.0870. The maximum absolute atomic E-state index is 13.0. The van der Waals surface area contributed by atoms with Crippen LogP contribution in [-0.4, -0.2) is 27.3 Å². The minimum Gasteiger partial charge on any atom is -0.494 e. The van der Waals surface area contributed by atoms with Crippen LogP contribution in [0.1, 0.15) is 17.3 Å². The maximum atomic E-state index is 13.0. The summed E-state index contributed by atoms with van der Waals surface area (Å²) in [6, 6.07) is 20.7. The number of hydrogen-bond acceptors (Lipinski definition) is 4. The Labute approximate surface area is 168 Å². The number of benzene rings is 2. The molecule has 1 N–H and O–H groups in total. The number of nitrogens with zero attached hydrogens (tertiary/aromatic N) is 3. The fourth-order valence-electron chi connectivity index (χ4n) is 2.97. The molecule has 29 heavy (non-hydrogen) atoms. The second-order valence-corrected chi connectivity index (χ2v) is 6.32. The van der Waals surface area contributed by atoms with E-state index >= 15 is 0 Å². The third-order valence-corrected chi connectivity index (χ3v) is 4.34. The monoisotopic (exact) mass is 384 g/mol. The first-order valence-electron chi connectivity index (χ1n) is 9.34. The van der Waals surface area contributed by atoms with Crippen molar-refractivity contribution in [1.29, 1.82) is 0 Å². The average Bonchev–Trinajstić information content (AvgIpc) is 3.22. The van der Waals surface area contributed by atoms with Crippen LogP contribution in [0.5, 0.6) is 5.75 Å². The molecule has 0 aliphatic heterocycles. The van der Waals surface area contributed by atoms with Crippen molar-refractivity contribution in [1.82, 2.24) is 14.8 Å². The molecule has 0 unspecified atom stereocenters. The summed E-state index contributed by atoms with van der Waals surface area (Å²) in [5.74, 6) is 0.522. The summed E-state index contributed by atoms with van der Waals surface area (Å²) in [4.78, 5) is 17.2. The summed E-state index contributed by atoms with van der Waals surface area (Å²) in [6.07, 6.45) is 5.13. The molecule has 4 aromatic rings. The lowest BCUT2D eigenvalue weighted by Gasteiger charge is -2.07. The number of anilines is 1. The molecule has 0 bridgehead atoms. The largest absolute Gasteiger partial charge is 0.494 e. The van der Waals surface area contributed by atoms with E-state index in [1.54, 1.807) is 23.3 Å². The first-order chi connectivity index (χ1) is 14.2. The first kappa shape index (κ1) is 18.4. The molecule has 0 fully saturated rings. The highest BCUT2D eigenvalue weighted by Gasteiger charge is 2.19. The van der Waals surface area contributed by atoms with Gasteiger partial charge in [0.25, 0.3) is 5.91 Å². The van der Waals surface area contributed by atoms with E-state index in [0.717, 1.165) is 17.0 Å². The van der Waals surface area contributed by atoms with Gasteiger partial charge in [-0.15, -0.1) is 0 Å². The zero-order valence-corrected chi connectivity index (χ0v) is 15.9. The smallest absolute Gasteiger partial charge is 0.259 e. The molecule has 144 valence electrons. The molecule has 2 aromatic carbocycles. The molecule has 4 rings (SSSR count). The third-order valence-electron chi connectivity index (χ3n) is 4.34. The van der Waals surface area contributed by atoms with Crippen molar-refractivity contribution in [2.75, 3.05) is 11.9 Å². The SMILES string of the molecule is CCOc1ccc(NC(=O)c2cn(-c3ccccc3)nc2-c2cccnc2)cc1. The number of rotatable bonds is 6. The van der Waals surface area contributed by atoms with Crippen LogP contribution in [0.3, 0.4) is 0 Å². The number of hydrogen-bond donors (Lipinski definition) is 1. The van der Waals surface area contributed by atoms with Gasteiger partial charge in [0.1, 0.15) is 11.4 Å². The van der Waals surface area contributed by atoms with E-state index in [4.69, 9.17) is 4.74 Å². The van der Waals surface area contributed by atoms with Gasteiger partial charge in [-0.25, -0.2) is 4.68 Å². The normalized spacial score (nSPS) is 10.5. The van der Waals surface area contributed by atoms with Gasteiger partial charge in [0, 0.05) is 29.8 Å². The van der Waals surface area contributed by atoms with E-state index in [0.29, 0.717) is 23.6 Å². The summed E-state index contributed by atoms with van der Waals surface area (Å²) in [5, 5.41) is 7.58. The van der Waals surface area contributed by atoms with E-state index in [9.17, 15) is 4.79 Å². The lowest BCUT2D eigenvalue weighted by molar-refractivity contribution is 0.102. The number of nitrogens with one attached hydrogen (secondary N) is 1. The number of aromatic nitrogens is 3. The molecule has 0 aliphatic carbocycles. The highest BCUT2D eigenvalue weighted by Crippen LogP contribution is 2.24. The highest BCUT2D eigenvalue weighted by molar-refractivity contribution is 6.08.